The number of benzene rings is 1. The zero-order valence-electron chi connectivity index (χ0n) is 20.6. The topological polar surface area (TPSA) is 108 Å². The molecule has 0 fully saturated rings. The summed E-state index contributed by atoms with van der Waals surface area (Å²) in [5, 5.41) is 12.0. The van der Waals surface area contributed by atoms with Gasteiger partial charge >= 0.3 is 11.7 Å². The summed E-state index contributed by atoms with van der Waals surface area (Å²) in [6, 6.07) is 2.78. The summed E-state index contributed by atoms with van der Waals surface area (Å²) in [6.07, 6.45) is -1.10. The lowest BCUT2D eigenvalue weighted by atomic mass is 9.99. The molecule has 1 unspecified atom stereocenters. The Kier molecular flexibility index (Phi) is 7.85. The van der Waals surface area contributed by atoms with Gasteiger partial charge in [0.25, 0.3) is 11.3 Å². The molecule has 0 spiro atoms. The van der Waals surface area contributed by atoms with Crippen LogP contribution in [0.25, 0.3) is 11.0 Å². The van der Waals surface area contributed by atoms with Gasteiger partial charge in [-0.15, -0.1) is 0 Å². The minimum atomic E-state index is -1.24. The first-order valence-corrected chi connectivity index (χ1v) is 14.4. The molecule has 1 aromatic carbocycles. The molecule has 1 N–H and O–H groups in total. The van der Waals surface area contributed by atoms with Crippen LogP contribution in [0.3, 0.4) is 0 Å². The van der Waals surface area contributed by atoms with Crippen LogP contribution < -0.4 is 4.57 Å². The Morgan fingerprint density at radius 2 is 1.91 bits per heavy atom. The predicted octanol–water partition coefficient (Wildman–Crippen LogP) is 4.32. The van der Waals surface area contributed by atoms with E-state index in [-0.39, 0.29) is 12.4 Å². The van der Waals surface area contributed by atoms with Gasteiger partial charge in [-0.05, 0) is 39.8 Å². The first kappa shape index (κ1) is 26.0. The Morgan fingerprint density at radius 3 is 2.41 bits per heavy atom. The van der Waals surface area contributed by atoms with Crippen LogP contribution >= 0.6 is 0 Å². The second kappa shape index (κ2) is 9.68. The van der Waals surface area contributed by atoms with E-state index in [1.54, 1.807) is 13.0 Å². The molecule has 1 aromatic heterocycles. The van der Waals surface area contributed by atoms with E-state index in [1.807, 2.05) is 32.3 Å². The van der Waals surface area contributed by atoms with Gasteiger partial charge in [-0.1, -0.05) is 19.6 Å². The van der Waals surface area contributed by atoms with Gasteiger partial charge in [-0.3, -0.25) is 10.1 Å². The lowest BCUT2D eigenvalue weighted by molar-refractivity contribution is -0.714. The van der Waals surface area contributed by atoms with Crippen molar-refractivity contribution < 1.29 is 28.5 Å². The standard InChI is InChI=1S/C22H35N3O6Si/c1-14-16(20(21(26)29-6)31-22(3,4)5)12-17-18(19(14)25(27)28)23-15(2)24(17)13-30-10-11-32(7,8)9/h12,20H,10-11,13H2,1-9H3/p+1. The zero-order valence-corrected chi connectivity index (χ0v) is 21.6. The van der Waals surface area contributed by atoms with E-state index in [2.05, 4.69) is 24.6 Å². The molecule has 0 saturated heterocycles. The SMILES string of the molecule is COC(=O)C(OC(C)(C)C)c1cc2c([nH]c(C)[n+]2COCC[Si](C)(C)C)c([N+](=O)[O-])c1C. The quantitative estimate of drug-likeness (QED) is 0.147. The molecule has 1 atom stereocenters. The number of aryl methyl sites for hydroxylation is 1. The second-order valence-corrected chi connectivity index (χ2v) is 15.8. The van der Waals surface area contributed by atoms with Gasteiger partial charge in [0.1, 0.15) is 0 Å². The van der Waals surface area contributed by atoms with E-state index in [9.17, 15) is 14.9 Å². The van der Waals surface area contributed by atoms with Crippen LogP contribution in [-0.2, 0) is 25.7 Å². The van der Waals surface area contributed by atoms with Crippen molar-refractivity contribution in [3.63, 3.8) is 0 Å². The highest BCUT2D eigenvalue weighted by molar-refractivity contribution is 6.76. The maximum Gasteiger partial charge on any atom is 0.339 e. The number of hydrogen-bond acceptors (Lipinski definition) is 6. The van der Waals surface area contributed by atoms with Crippen molar-refractivity contribution in [2.45, 2.75) is 78.7 Å². The van der Waals surface area contributed by atoms with Crippen LogP contribution in [0.2, 0.25) is 25.7 Å². The maximum atomic E-state index is 12.6. The number of nitro groups is 1. The van der Waals surface area contributed by atoms with Crippen LogP contribution in [0.1, 0.15) is 43.8 Å². The van der Waals surface area contributed by atoms with Gasteiger partial charge in [-0.2, -0.15) is 0 Å². The van der Waals surface area contributed by atoms with Gasteiger partial charge in [0.15, 0.2) is 18.4 Å². The lowest BCUT2D eigenvalue weighted by Crippen LogP contribution is -2.38. The molecule has 32 heavy (non-hydrogen) atoms. The van der Waals surface area contributed by atoms with Gasteiger partial charge in [0, 0.05) is 32.7 Å². The van der Waals surface area contributed by atoms with Crippen LogP contribution in [0, 0.1) is 24.0 Å². The monoisotopic (exact) mass is 466 g/mol. The molecular formula is C22H36N3O6Si+. The van der Waals surface area contributed by atoms with Gasteiger partial charge in [0.05, 0.1) is 17.6 Å². The van der Waals surface area contributed by atoms with Crippen molar-refractivity contribution >= 4 is 30.8 Å². The molecule has 2 aromatic rings. The highest BCUT2D eigenvalue weighted by atomic mass is 28.3. The molecule has 9 nitrogen and oxygen atoms in total. The number of carbonyl (C=O) groups is 1. The normalized spacial score (nSPS) is 13.4. The Morgan fingerprint density at radius 1 is 1.28 bits per heavy atom. The number of H-pyrrole nitrogens is 1. The van der Waals surface area contributed by atoms with E-state index in [1.165, 1.54) is 7.11 Å². The van der Waals surface area contributed by atoms with Gasteiger partial charge in [0.2, 0.25) is 0 Å². The number of esters is 1. The minimum absolute atomic E-state index is 0.0899. The molecule has 1 heterocycles. The number of rotatable bonds is 9. The van der Waals surface area contributed by atoms with Crippen LogP contribution in [0.5, 0.6) is 0 Å². The van der Waals surface area contributed by atoms with Crippen molar-refractivity contribution in [2.24, 2.45) is 0 Å². The molecule has 0 aliphatic carbocycles. The summed E-state index contributed by atoms with van der Waals surface area (Å²) in [6.45, 7) is 16.6. The number of fused-ring (bicyclic) bond motifs is 1. The zero-order chi connectivity index (χ0) is 24.4. The minimum Gasteiger partial charge on any atom is -0.467 e. The number of hydrogen-bond donors (Lipinski definition) is 1. The molecule has 0 aliphatic rings. The Balaban J connectivity index is 2.63. The first-order valence-electron chi connectivity index (χ1n) is 10.7. The van der Waals surface area contributed by atoms with Gasteiger partial charge < -0.3 is 14.2 Å². The number of nitrogens with zero attached hydrogens (tertiary/aromatic N) is 2. The van der Waals surface area contributed by atoms with Crippen molar-refractivity contribution in [1.82, 2.24) is 4.98 Å². The Labute approximate surface area is 190 Å². The van der Waals surface area contributed by atoms with Crippen molar-refractivity contribution in [2.75, 3.05) is 13.7 Å². The van der Waals surface area contributed by atoms with E-state index < -0.39 is 30.7 Å². The summed E-state index contributed by atoms with van der Waals surface area (Å²) in [5.74, 6) is 0.112. The lowest BCUT2D eigenvalue weighted by Gasteiger charge is -2.26. The average molecular weight is 467 g/mol. The summed E-state index contributed by atoms with van der Waals surface area (Å²) in [5.41, 5.74) is 0.971. The van der Waals surface area contributed by atoms with Crippen LogP contribution in [0.4, 0.5) is 5.69 Å². The van der Waals surface area contributed by atoms with E-state index >= 15 is 0 Å². The fourth-order valence-corrected chi connectivity index (χ4v) is 4.20. The molecule has 2 rings (SSSR count). The summed E-state index contributed by atoms with van der Waals surface area (Å²) >= 11 is 0. The largest absolute Gasteiger partial charge is 0.467 e. The summed E-state index contributed by atoms with van der Waals surface area (Å²) < 4.78 is 18.7. The third-order valence-corrected chi connectivity index (χ3v) is 6.85. The number of nitrogens with one attached hydrogen (secondary N) is 1. The number of aromatic amines is 1. The third kappa shape index (κ3) is 6.14. The summed E-state index contributed by atoms with van der Waals surface area (Å²) in [7, 11) is 0.0337. The van der Waals surface area contributed by atoms with Gasteiger partial charge in [-0.25, -0.2) is 14.3 Å². The van der Waals surface area contributed by atoms with E-state index in [4.69, 9.17) is 14.2 Å². The Hall–Kier alpha value is -2.30. The third-order valence-electron chi connectivity index (χ3n) is 5.14. The molecule has 178 valence electrons. The van der Waals surface area contributed by atoms with Crippen molar-refractivity contribution in [3.05, 3.63) is 33.1 Å². The van der Waals surface area contributed by atoms with Crippen molar-refractivity contribution in [3.8, 4) is 0 Å². The molecule has 0 amide bonds. The summed E-state index contributed by atoms with van der Waals surface area (Å²) in [4.78, 5) is 27.3. The first-order chi connectivity index (χ1) is 14.7. The maximum absolute atomic E-state index is 12.6. The predicted molar refractivity (Wildman–Crippen MR) is 124 cm³/mol. The fraction of sp³-hybridized carbons (Fsp3) is 0.636. The van der Waals surface area contributed by atoms with Crippen LogP contribution in [-0.4, -0.2) is 43.3 Å². The fourth-order valence-electron chi connectivity index (χ4n) is 3.44. The smallest absolute Gasteiger partial charge is 0.339 e. The number of imidazole rings is 1. The number of nitro benzene ring substituents is 1. The number of aromatic nitrogens is 2. The number of methoxy groups -OCH3 is 1. The van der Waals surface area contributed by atoms with Crippen LogP contribution in [0.15, 0.2) is 6.07 Å². The highest BCUT2D eigenvalue weighted by Crippen LogP contribution is 2.36. The molecule has 0 aliphatic heterocycles. The van der Waals surface area contributed by atoms with E-state index in [0.29, 0.717) is 28.8 Å². The molecular weight excluding hydrogens is 430 g/mol. The van der Waals surface area contributed by atoms with Crippen molar-refractivity contribution in [1.29, 1.82) is 0 Å². The second-order valence-electron chi connectivity index (χ2n) is 10.2. The molecule has 0 radical (unpaired) electrons. The number of ether oxygens (including phenoxy) is 3. The Bertz CT molecular complexity index is 1000. The number of carbonyl (C=O) groups excluding carboxylic acids is 1. The average Bonchev–Trinajstić information content (AvgIpc) is 2.95. The molecule has 10 heteroatoms. The van der Waals surface area contributed by atoms with E-state index in [0.717, 1.165) is 11.9 Å². The molecule has 0 bridgehead atoms. The highest BCUT2D eigenvalue weighted by Gasteiger charge is 2.36. The molecule has 0 saturated carbocycles.